The maximum Gasteiger partial charge on any atom is 0.251 e. The third kappa shape index (κ3) is 18.9. The lowest BCUT2D eigenvalue weighted by Gasteiger charge is -2.21. The Hall–Kier alpha value is -7.14. The van der Waals surface area contributed by atoms with Crippen LogP contribution < -0.4 is 60.4 Å². The number of hydrogen-bond acceptors (Lipinski definition) is 12. The molecule has 0 aliphatic rings. The lowest BCUT2D eigenvalue weighted by Crippen LogP contribution is -2.53. The van der Waals surface area contributed by atoms with Crippen LogP contribution >= 0.6 is 0 Å². The Morgan fingerprint density at radius 3 is 1.65 bits per heavy atom. The van der Waals surface area contributed by atoms with Crippen molar-refractivity contribution in [2.24, 2.45) is 33.8 Å². The molecule has 360 valence electrons. The number of aliphatic imine (C=N–C) groups is 1. The molecule has 0 spiro atoms. The van der Waals surface area contributed by atoms with Crippen LogP contribution in [-0.2, 0) is 30.4 Å². The maximum atomic E-state index is 14.5. The van der Waals surface area contributed by atoms with E-state index in [9.17, 15) is 51.1 Å². The highest BCUT2D eigenvalue weighted by molar-refractivity contribution is 5.95. The second-order valence-corrected chi connectivity index (χ2v) is 14.8. The average Bonchev–Trinajstić information content (AvgIpc) is 3.28. The Kier molecular flexibility index (Phi) is 23.8. The molecule has 0 heterocycles. The van der Waals surface area contributed by atoms with E-state index in [4.69, 9.17) is 22.9 Å². The number of benzene rings is 3. The van der Waals surface area contributed by atoms with Crippen LogP contribution in [0.1, 0.15) is 72.7 Å². The van der Waals surface area contributed by atoms with E-state index in [1.807, 2.05) is 41.2 Å². The van der Waals surface area contributed by atoms with Gasteiger partial charge in [0.25, 0.3) is 11.8 Å². The quantitative estimate of drug-likeness (QED) is 0.0141. The number of hydrazine groups is 1. The summed E-state index contributed by atoms with van der Waals surface area (Å²) in [6, 6.07) is 9.12. The zero-order valence-electron chi connectivity index (χ0n) is 36.7. The Morgan fingerprint density at radius 2 is 1.20 bits per heavy atom. The van der Waals surface area contributed by atoms with Gasteiger partial charge in [0.1, 0.15) is 30.0 Å². The predicted octanol–water partition coefficient (Wildman–Crippen LogP) is 1.02. The van der Waals surface area contributed by atoms with Gasteiger partial charge in [-0.2, -0.15) is 0 Å². The number of amides is 5. The molecule has 3 aromatic rings. The molecule has 19 nitrogen and oxygen atoms in total. The summed E-state index contributed by atoms with van der Waals surface area (Å²) in [7, 11) is 0. The van der Waals surface area contributed by atoms with Crippen molar-refractivity contribution in [1.82, 2.24) is 26.6 Å². The molecule has 3 rings (SSSR count). The molecule has 0 aliphatic carbocycles. The van der Waals surface area contributed by atoms with Gasteiger partial charge >= 0.3 is 0 Å². The van der Waals surface area contributed by atoms with Crippen molar-refractivity contribution in [1.29, 1.82) is 0 Å². The van der Waals surface area contributed by atoms with Gasteiger partial charge in [0, 0.05) is 43.2 Å². The first-order chi connectivity index (χ1) is 31.3. The van der Waals surface area contributed by atoms with Crippen LogP contribution in [0.3, 0.4) is 0 Å². The van der Waals surface area contributed by atoms with Crippen molar-refractivity contribution in [2.45, 2.75) is 77.0 Å². The minimum atomic E-state index is -1.25. The van der Waals surface area contributed by atoms with Gasteiger partial charge in [-0.1, -0.05) is 51.1 Å². The minimum Gasteiger partial charge on any atom is -0.370 e. The lowest BCUT2D eigenvalue weighted by atomic mass is 10.1. The number of nitrogens with zero attached hydrogens (tertiary/aromatic N) is 1. The lowest BCUT2D eigenvalue weighted by molar-refractivity contribution is -0.130. The topological polar surface area (TPSA) is 320 Å². The van der Waals surface area contributed by atoms with Gasteiger partial charge in [-0.15, -0.1) is 0 Å². The number of guanidine groups is 1. The van der Waals surface area contributed by atoms with Crippen molar-refractivity contribution in [3.05, 3.63) is 94.6 Å². The summed E-state index contributed by atoms with van der Waals surface area (Å²) in [5.41, 5.74) is 24.2. The summed E-state index contributed by atoms with van der Waals surface area (Å²) in [4.78, 5) is 86.8. The van der Waals surface area contributed by atoms with E-state index in [2.05, 4.69) is 31.6 Å². The Bertz CT molecular complexity index is 2100. The van der Waals surface area contributed by atoms with Crippen LogP contribution in [0, 0.1) is 29.2 Å². The first kappa shape index (κ1) is 55.0. The second-order valence-electron chi connectivity index (χ2n) is 14.8. The second kappa shape index (κ2) is 28.6. The summed E-state index contributed by atoms with van der Waals surface area (Å²) in [6.45, 7) is 5.56. The van der Waals surface area contributed by atoms with Crippen LogP contribution in [0.25, 0.3) is 0 Å². The number of anilines is 2. The molecule has 0 aliphatic heterocycles. The van der Waals surface area contributed by atoms with E-state index in [0.29, 0.717) is 56.9 Å². The first-order valence-electron chi connectivity index (χ1n) is 20.8. The Morgan fingerprint density at radius 1 is 0.697 bits per heavy atom. The van der Waals surface area contributed by atoms with Gasteiger partial charge < -0.3 is 59.1 Å². The fourth-order valence-electron chi connectivity index (χ4n) is 5.59. The highest BCUT2D eigenvalue weighted by Gasteiger charge is 2.25. The van der Waals surface area contributed by atoms with Crippen molar-refractivity contribution >= 4 is 59.4 Å². The molecule has 0 bridgehead atoms. The SMILES string of the molecule is CC(C)C(=O)N[C@@H](C=O)CCNC(=O)c1cc(F)c(NNc2c(F)cc(C(=O)NCCN)cc2F)c(F)c1.CC[C@H](NC(=O)[C@@H](N)CCCN=C(N)N)C(=O)N[C@@H](C=O)Cc1ccccc1. The molecule has 15 N–H and O–H groups in total. The van der Waals surface area contributed by atoms with E-state index in [0.717, 1.165) is 17.7 Å². The van der Waals surface area contributed by atoms with Crippen LogP contribution in [0.5, 0.6) is 0 Å². The van der Waals surface area contributed by atoms with Crippen molar-refractivity contribution in [3.8, 4) is 0 Å². The fraction of sp³-hybridized carbons (Fsp3) is 0.395. The third-order valence-corrected chi connectivity index (χ3v) is 9.24. The van der Waals surface area contributed by atoms with E-state index in [-0.39, 0.29) is 49.4 Å². The average molecular weight is 931 g/mol. The smallest absolute Gasteiger partial charge is 0.251 e. The summed E-state index contributed by atoms with van der Waals surface area (Å²) in [6.07, 6.45) is 2.92. The van der Waals surface area contributed by atoms with Crippen LogP contribution in [0.2, 0.25) is 0 Å². The standard InChI is InChI=1S/C24H28F4N6O4.C19H30N6O3/c1-12(2)22(36)32-15(11-35)3-5-30-23(37)13-7-16(25)20(17(26)8-13)33-34-21-18(27)9-14(10-19(21)28)24(38)31-6-4-29;1-2-16(25-17(27)15(20)9-6-10-23-19(21)22)18(28)24-14(12-26)11-13-7-4-3-5-8-13/h7-12,15,33-34H,3-6,29H2,1-2H3,(H,30,37)(H,31,38)(H,32,36);3-5,7-8,12,14-16H,2,6,9-11,20H2,1H3,(H,24,28)(H,25,27)(H4,21,22,23)/t15-;14-,15+,16+/m11/s1. The molecule has 5 amide bonds. The molecule has 0 radical (unpaired) electrons. The van der Waals surface area contributed by atoms with Gasteiger partial charge in [-0.3, -0.25) is 39.8 Å². The number of nitrogens with two attached hydrogens (primary N) is 4. The molecule has 4 atom stereocenters. The highest BCUT2D eigenvalue weighted by Crippen LogP contribution is 2.25. The van der Waals surface area contributed by atoms with E-state index >= 15 is 0 Å². The minimum absolute atomic E-state index is 0.0130. The number of halogens is 4. The summed E-state index contributed by atoms with van der Waals surface area (Å²) in [5, 5.41) is 12.5. The molecule has 0 unspecified atom stereocenters. The van der Waals surface area contributed by atoms with Crippen molar-refractivity contribution in [2.75, 3.05) is 37.0 Å². The molecule has 23 heteroatoms. The molecular weight excluding hydrogens is 873 g/mol. The molecule has 3 aromatic carbocycles. The number of carbonyl (C=O) groups excluding carboxylic acids is 7. The number of rotatable bonds is 25. The summed E-state index contributed by atoms with van der Waals surface area (Å²) >= 11 is 0. The molecule has 0 aromatic heterocycles. The number of aldehydes is 2. The Labute approximate surface area is 379 Å². The molecule has 66 heavy (non-hydrogen) atoms. The van der Waals surface area contributed by atoms with E-state index in [1.54, 1.807) is 20.8 Å². The van der Waals surface area contributed by atoms with E-state index < -0.39 is 88.0 Å². The summed E-state index contributed by atoms with van der Waals surface area (Å²) in [5.74, 6) is -8.13. The maximum absolute atomic E-state index is 14.5. The molecule has 0 saturated heterocycles. The van der Waals surface area contributed by atoms with Crippen molar-refractivity contribution < 1.29 is 51.1 Å². The molecule has 0 fully saturated rings. The molecule has 0 saturated carbocycles. The van der Waals surface area contributed by atoms with Gasteiger partial charge in [0.2, 0.25) is 17.7 Å². The largest absolute Gasteiger partial charge is 0.370 e. The zero-order valence-corrected chi connectivity index (χ0v) is 36.7. The monoisotopic (exact) mass is 930 g/mol. The summed E-state index contributed by atoms with van der Waals surface area (Å²) < 4.78 is 57.7. The van der Waals surface area contributed by atoms with Gasteiger partial charge in [0.05, 0.1) is 18.1 Å². The number of hydrogen-bond donors (Lipinski definition) is 11. The van der Waals surface area contributed by atoms with Gasteiger partial charge in [-0.05, 0) is 61.9 Å². The zero-order chi connectivity index (χ0) is 49.3. The van der Waals surface area contributed by atoms with Crippen LogP contribution in [0.15, 0.2) is 59.6 Å². The number of nitrogens with one attached hydrogen (secondary N) is 7. The van der Waals surface area contributed by atoms with Gasteiger partial charge in [-0.25, -0.2) is 17.6 Å². The fourth-order valence-corrected chi connectivity index (χ4v) is 5.59. The molecular formula is C43H58F4N12O7. The normalized spacial score (nSPS) is 12.4. The van der Waals surface area contributed by atoms with Crippen LogP contribution in [-0.4, -0.2) is 98.4 Å². The Balaban J connectivity index is 0.000000476. The third-order valence-electron chi connectivity index (χ3n) is 9.24. The van der Waals surface area contributed by atoms with Crippen LogP contribution in [0.4, 0.5) is 28.9 Å². The first-order valence-corrected chi connectivity index (χ1v) is 20.8. The number of carbonyl (C=O) groups is 7. The van der Waals surface area contributed by atoms with E-state index in [1.165, 1.54) is 0 Å². The highest BCUT2D eigenvalue weighted by atomic mass is 19.1. The predicted molar refractivity (Wildman–Crippen MR) is 239 cm³/mol. The van der Waals surface area contributed by atoms with Crippen molar-refractivity contribution in [3.63, 3.8) is 0 Å². The van der Waals surface area contributed by atoms with Gasteiger partial charge in [0.15, 0.2) is 29.2 Å².